The van der Waals surface area contributed by atoms with Crippen LogP contribution in [-0.4, -0.2) is 136 Å². The molecule has 0 aliphatic carbocycles. The maximum atomic E-state index is 14.0. The Bertz CT molecular complexity index is 1540. The van der Waals surface area contributed by atoms with Crippen molar-refractivity contribution < 1.29 is 81.1 Å². The Hall–Kier alpha value is -1.55. The zero-order valence-corrected chi connectivity index (χ0v) is 48.0. The lowest BCUT2D eigenvalue weighted by atomic mass is 9.86. The number of carbonyl (C=O) groups excluding carboxylic acids is 2. The van der Waals surface area contributed by atoms with Crippen LogP contribution in [0.15, 0.2) is 0 Å². The van der Waals surface area contributed by atoms with Crippen molar-refractivity contribution in [3.63, 3.8) is 0 Å². The summed E-state index contributed by atoms with van der Waals surface area (Å²) in [5.74, 6) is -2.39. The van der Waals surface area contributed by atoms with Gasteiger partial charge < -0.3 is 54.3 Å². The number of ether oxygens (including phenoxy) is 5. The van der Waals surface area contributed by atoms with Crippen molar-refractivity contribution in [2.24, 2.45) is 17.8 Å². The largest absolute Gasteiger partial charge is 0.455 e. The zero-order chi connectivity index (χ0) is 55.4. The molecule has 7 N–H and O–H groups in total. The molecule has 0 saturated carbocycles. The van der Waals surface area contributed by atoms with Gasteiger partial charge in [-0.25, -0.2) is 4.18 Å². The van der Waals surface area contributed by atoms with Gasteiger partial charge in [-0.1, -0.05) is 221 Å². The van der Waals surface area contributed by atoms with Crippen molar-refractivity contribution in [3.05, 3.63) is 0 Å². The highest BCUT2D eigenvalue weighted by Crippen LogP contribution is 2.34. The summed E-state index contributed by atoms with van der Waals surface area (Å²) in [6, 6.07) is 0. The van der Waals surface area contributed by atoms with E-state index in [4.69, 9.17) is 23.7 Å². The van der Waals surface area contributed by atoms with Gasteiger partial charge in [0.05, 0.1) is 25.2 Å². The Kier molecular flexibility index (Phi) is 38.5. The number of aliphatic hydroxyl groups is 6. The van der Waals surface area contributed by atoms with Crippen molar-refractivity contribution >= 4 is 22.3 Å². The van der Waals surface area contributed by atoms with Crippen molar-refractivity contribution in [1.29, 1.82) is 0 Å². The first-order valence-electron chi connectivity index (χ1n) is 29.9. The summed E-state index contributed by atoms with van der Waals surface area (Å²) in [4.78, 5) is 27.5. The minimum atomic E-state index is -5.33. The molecule has 18 heteroatoms. The number of carbonyl (C=O) groups is 2. The Morgan fingerprint density at radius 1 is 0.520 bits per heavy atom. The van der Waals surface area contributed by atoms with Crippen LogP contribution in [0.2, 0.25) is 0 Å². The second-order valence-electron chi connectivity index (χ2n) is 22.4. The third kappa shape index (κ3) is 30.0. The van der Waals surface area contributed by atoms with E-state index in [0.29, 0.717) is 25.7 Å². The lowest BCUT2D eigenvalue weighted by molar-refractivity contribution is -0.374. The predicted molar refractivity (Wildman–Crippen MR) is 289 cm³/mol. The molecule has 0 radical (unpaired) electrons. The highest BCUT2D eigenvalue weighted by molar-refractivity contribution is 7.80. The molecule has 14 atom stereocenters. The fourth-order valence-corrected chi connectivity index (χ4v) is 11.1. The Morgan fingerprint density at radius 3 is 1.35 bits per heavy atom. The number of rotatable bonds is 46. The minimum Gasteiger partial charge on any atom is -0.455 e. The third-order valence-corrected chi connectivity index (χ3v) is 15.8. The van der Waals surface area contributed by atoms with E-state index in [9.17, 15) is 53.2 Å². The summed E-state index contributed by atoms with van der Waals surface area (Å²) in [6.45, 7) is 8.36. The molecular weight excluding hydrogens is 989 g/mol. The van der Waals surface area contributed by atoms with E-state index in [1.165, 1.54) is 141 Å². The molecule has 0 bridgehead atoms. The van der Waals surface area contributed by atoms with E-state index in [1.807, 2.05) is 13.8 Å². The fraction of sp³-hybridized carbons (Fsp3) is 0.965. The molecule has 0 aromatic heterocycles. The van der Waals surface area contributed by atoms with Crippen LogP contribution in [0.4, 0.5) is 0 Å². The van der Waals surface area contributed by atoms with E-state index < -0.39 is 109 Å². The van der Waals surface area contributed by atoms with E-state index in [0.717, 1.165) is 44.9 Å². The van der Waals surface area contributed by atoms with Crippen LogP contribution in [-0.2, 0) is 47.9 Å². The van der Waals surface area contributed by atoms with Gasteiger partial charge in [0.1, 0.15) is 30.5 Å². The molecule has 0 amide bonds. The lowest BCUT2D eigenvalue weighted by Gasteiger charge is -2.46. The summed E-state index contributed by atoms with van der Waals surface area (Å²) < 4.78 is 67.0. The van der Waals surface area contributed by atoms with Gasteiger partial charge in [0, 0.05) is 6.42 Å². The molecule has 75 heavy (non-hydrogen) atoms. The van der Waals surface area contributed by atoms with Crippen LogP contribution in [0, 0.1) is 17.8 Å². The number of hydrogen-bond acceptors (Lipinski definition) is 16. The van der Waals surface area contributed by atoms with Crippen LogP contribution in [0.1, 0.15) is 253 Å². The fourth-order valence-electron chi connectivity index (χ4n) is 10.7. The van der Waals surface area contributed by atoms with Gasteiger partial charge in [-0.2, -0.15) is 8.42 Å². The van der Waals surface area contributed by atoms with Crippen molar-refractivity contribution in [3.8, 4) is 0 Å². The smallest absolute Gasteiger partial charge is 0.397 e. The van der Waals surface area contributed by atoms with Crippen LogP contribution in [0.5, 0.6) is 0 Å². The van der Waals surface area contributed by atoms with E-state index >= 15 is 0 Å². The topological polar surface area (TPSA) is 265 Å². The SMILES string of the molecule is CCCCCCCCCCCCCCCCCC(=O)O[C@@H]1[C@@H](O)[C@H](CO)O[C@@H](O[C@H]2O[C@H](CO)[C@@H](O)[C@H](O)[C@H]2OS(=O)(=O)O)[C@H]1OC(=O)[C@H](C)C[C@@H](C)C[C@@H](C)[C@@H](O)CCCCCCCCCCCCCCCCC. The maximum absolute atomic E-state index is 14.0. The summed E-state index contributed by atoms with van der Waals surface area (Å²) in [7, 11) is -5.33. The van der Waals surface area contributed by atoms with Crippen LogP contribution < -0.4 is 0 Å². The highest BCUT2D eigenvalue weighted by atomic mass is 32.3. The summed E-state index contributed by atoms with van der Waals surface area (Å²) in [5.41, 5.74) is 0. The summed E-state index contributed by atoms with van der Waals surface area (Å²) in [6.07, 6.45) is 18.7. The van der Waals surface area contributed by atoms with Crippen LogP contribution in [0.3, 0.4) is 0 Å². The molecule has 2 aliphatic heterocycles. The summed E-state index contributed by atoms with van der Waals surface area (Å²) >= 11 is 0. The normalized spacial score (nSPS) is 25.9. The average Bonchev–Trinajstić information content (AvgIpc) is 3.37. The number of unbranched alkanes of at least 4 members (excludes halogenated alkanes) is 28. The van der Waals surface area contributed by atoms with Gasteiger partial charge in [-0.05, 0) is 37.5 Å². The molecule has 2 heterocycles. The summed E-state index contributed by atoms with van der Waals surface area (Å²) in [5, 5.41) is 64.1. The molecule has 17 nitrogen and oxygen atoms in total. The lowest BCUT2D eigenvalue weighted by Crippen LogP contribution is -2.65. The molecule has 2 aliphatic rings. The van der Waals surface area contributed by atoms with Gasteiger partial charge in [0.2, 0.25) is 6.29 Å². The van der Waals surface area contributed by atoms with E-state index in [2.05, 4.69) is 18.0 Å². The van der Waals surface area contributed by atoms with Crippen molar-refractivity contribution in [1.82, 2.24) is 0 Å². The van der Waals surface area contributed by atoms with Gasteiger partial charge in [-0.3, -0.25) is 14.1 Å². The molecular formula is C57H108O17S. The third-order valence-electron chi connectivity index (χ3n) is 15.3. The van der Waals surface area contributed by atoms with Gasteiger partial charge in [0.25, 0.3) is 0 Å². The molecule has 2 saturated heterocycles. The molecule has 0 aromatic rings. The van der Waals surface area contributed by atoms with Gasteiger partial charge >= 0.3 is 22.3 Å². The first-order valence-corrected chi connectivity index (χ1v) is 31.3. The molecule has 0 spiro atoms. The Balaban J connectivity index is 2.02. The van der Waals surface area contributed by atoms with Crippen molar-refractivity contribution in [2.75, 3.05) is 13.2 Å². The Morgan fingerprint density at radius 2 is 0.920 bits per heavy atom. The second kappa shape index (κ2) is 41.5. The Labute approximate surface area is 453 Å². The maximum Gasteiger partial charge on any atom is 0.397 e. The first kappa shape index (κ1) is 69.6. The van der Waals surface area contributed by atoms with E-state index in [1.54, 1.807) is 6.92 Å². The molecule has 0 aromatic carbocycles. The van der Waals surface area contributed by atoms with Gasteiger partial charge in [0.15, 0.2) is 24.6 Å². The van der Waals surface area contributed by atoms with E-state index in [-0.39, 0.29) is 18.3 Å². The molecule has 2 fully saturated rings. The first-order chi connectivity index (χ1) is 36.0. The molecule has 0 unspecified atom stereocenters. The minimum absolute atomic E-state index is 0.0338. The molecule has 444 valence electrons. The standard InChI is InChI=1S/C57H108O17S/c1-6-8-10-12-14-16-18-20-22-24-26-28-30-32-34-36-45(60)43(4)38-42(3)39-44(5)55(65)72-54-52(71-48(61)37-35-33-31-29-27-25-23-21-19-17-15-13-11-9-7-2)50(63)47(41-59)70-57(54)73-56-53(74-75(66,67)68)51(64)49(62)46(40-58)69-56/h42-47,49-54,56-60,62-64H,6-41H2,1-5H3,(H,66,67,68)/t42-,43+,44+,45-,46+,47-,49+,50-,51-,52+,53+,54-,56+,57-/m0/s1. The average molecular weight is 1100 g/mol. The number of aliphatic hydroxyl groups excluding tert-OH is 6. The molecule has 2 rings (SSSR count). The quantitative estimate of drug-likeness (QED) is 0.0170. The predicted octanol–water partition coefficient (Wildman–Crippen LogP) is 10.1. The van der Waals surface area contributed by atoms with Crippen LogP contribution in [0.25, 0.3) is 0 Å². The monoisotopic (exact) mass is 1100 g/mol. The van der Waals surface area contributed by atoms with Crippen molar-refractivity contribution in [2.45, 2.75) is 320 Å². The second-order valence-corrected chi connectivity index (χ2v) is 23.4. The van der Waals surface area contributed by atoms with Gasteiger partial charge in [-0.15, -0.1) is 0 Å². The van der Waals surface area contributed by atoms with Crippen LogP contribution >= 0.6 is 0 Å². The number of esters is 2. The zero-order valence-electron chi connectivity index (χ0n) is 47.2. The number of hydrogen-bond donors (Lipinski definition) is 7. The highest BCUT2D eigenvalue weighted by Gasteiger charge is 2.54.